The van der Waals surface area contributed by atoms with Gasteiger partial charge < -0.3 is 15.4 Å². The van der Waals surface area contributed by atoms with Crippen LogP contribution < -0.4 is 10.6 Å². The number of thioether (sulfide) groups is 1. The number of esters is 1. The largest absolute Gasteiger partial charge is 0.469 e. The van der Waals surface area contributed by atoms with E-state index >= 15 is 0 Å². The van der Waals surface area contributed by atoms with E-state index in [0.29, 0.717) is 25.1 Å². The van der Waals surface area contributed by atoms with E-state index in [-0.39, 0.29) is 23.0 Å². The van der Waals surface area contributed by atoms with Crippen molar-refractivity contribution in [3.63, 3.8) is 0 Å². The zero-order chi connectivity index (χ0) is 18.1. The Labute approximate surface area is 152 Å². The second kappa shape index (κ2) is 10.1. The Morgan fingerprint density at radius 1 is 1.24 bits per heavy atom. The van der Waals surface area contributed by atoms with Crippen LogP contribution in [0.2, 0.25) is 0 Å². The molecule has 6 nitrogen and oxygen atoms in total. The van der Waals surface area contributed by atoms with Crippen LogP contribution >= 0.6 is 11.8 Å². The minimum Gasteiger partial charge on any atom is -0.469 e. The van der Waals surface area contributed by atoms with Crippen LogP contribution in [0.4, 0.5) is 4.79 Å². The molecule has 2 unspecified atom stereocenters. The Kier molecular flexibility index (Phi) is 7.78. The molecule has 1 heterocycles. The van der Waals surface area contributed by atoms with Gasteiger partial charge in [0.2, 0.25) is 0 Å². The van der Waals surface area contributed by atoms with Crippen molar-refractivity contribution in [2.75, 3.05) is 12.9 Å². The highest BCUT2D eigenvalue weighted by Gasteiger charge is 2.35. The summed E-state index contributed by atoms with van der Waals surface area (Å²) in [6.45, 7) is 0.428. The average molecular weight is 364 g/mol. The summed E-state index contributed by atoms with van der Waals surface area (Å²) in [5.74, 6) is 0.442. The van der Waals surface area contributed by atoms with Crippen LogP contribution in [0.25, 0.3) is 0 Å². The third-order valence-corrected chi connectivity index (χ3v) is 5.45. The van der Waals surface area contributed by atoms with Gasteiger partial charge in [-0.25, -0.2) is 4.79 Å². The summed E-state index contributed by atoms with van der Waals surface area (Å²) in [7, 11) is 1.37. The van der Waals surface area contributed by atoms with E-state index < -0.39 is 6.04 Å². The van der Waals surface area contributed by atoms with E-state index in [9.17, 15) is 14.4 Å². The lowest BCUT2D eigenvalue weighted by molar-refractivity contribution is -0.140. The lowest BCUT2D eigenvalue weighted by Crippen LogP contribution is -2.46. The normalized spacial score (nSPS) is 19.5. The van der Waals surface area contributed by atoms with Gasteiger partial charge in [-0.1, -0.05) is 36.8 Å². The molecule has 1 aromatic rings. The first-order chi connectivity index (χ1) is 12.1. The number of Topliss-reactive ketones (excluding diaryl/α,β-unsaturated/α-hetero) is 1. The van der Waals surface area contributed by atoms with Crippen molar-refractivity contribution in [3.05, 3.63) is 35.9 Å². The molecule has 1 fully saturated rings. The van der Waals surface area contributed by atoms with Crippen LogP contribution in [-0.2, 0) is 20.9 Å². The van der Waals surface area contributed by atoms with Crippen LogP contribution in [0.1, 0.15) is 31.2 Å². The Balaban J connectivity index is 1.66. The number of amides is 2. The minimum atomic E-state index is -0.439. The van der Waals surface area contributed by atoms with Gasteiger partial charge in [-0.05, 0) is 18.4 Å². The van der Waals surface area contributed by atoms with Crippen molar-refractivity contribution < 1.29 is 19.1 Å². The van der Waals surface area contributed by atoms with E-state index in [1.54, 1.807) is 11.8 Å². The van der Waals surface area contributed by atoms with Crippen LogP contribution in [-0.4, -0.2) is 41.9 Å². The van der Waals surface area contributed by atoms with E-state index in [1.807, 2.05) is 30.3 Å². The second-order valence-electron chi connectivity index (χ2n) is 5.91. The summed E-state index contributed by atoms with van der Waals surface area (Å²) in [6.07, 6.45) is 2.62. The Morgan fingerprint density at radius 2 is 2.00 bits per heavy atom. The zero-order valence-corrected chi connectivity index (χ0v) is 15.1. The van der Waals surface area contributed by atoms with E-state index in [1.165, 1.54) is 7.11 Å². The molecule has 0 spiro atoms. The number of ketones is 1. The Bertz CT molecular complexity index is 594. The molecule has 0 aromatic heterocycles. The van der Waals surface area contributed by atoms with Crippen molar-refractivity contribution >= 4 is 29.5 Å². The predicted octanol–water partition coefficient (Wildman–Crippen LogP) is 2.27. The molecule has 0 radical (unpaired) electrons. The number of hydrogen-bond donors (Lipinski definition) is 2. The lowest BCUT2D eigenvalue weighted by atomic mass is 10.1. The third-order valence-electron chi connectivity index (χ3n) is 4.05. The van der Waals surface area contributed by atoms with Gasteiger partial charge in [0, 0.05) is 18.7 Å². The SMILES string of the molecule is COC(=O)CCCCC1SCC(NC(=O)NCc2ccccc2)C1=O. The second-order valence-corrected chi connectivity index (χ2v) is 7.15. The molecule has 2 rings (SSSR count). The molecule has 25 heavy (non-hydrogen) atoms. The number of methoxy groups -OCH3 is 1. The summed E-state index contributed by atoms with van der Waals surface area (Å²) in [5, 5.41) is 5.42. The van der Waals surface area contributed by atoms with E-state index in [2.05, 4.69) is 15.4 Å². The number of ether oxygens (including phenoxy) is 1. The number of benzene rings is 1. The maximum Gasteiger partial charge on any atom is 0.315 e. The van der Waals surface area contributed by atoms with Crippen molar-refractivity contribution in [2.24, 2.45) is 0 Å². The van der Waals surface area contributed by atoms with Gasteiger partial charge in [-0.15, -0.1) is 11.8 Å². The standard InChI is InChI=1S/C18H24N2O4S/c1-24-16(21)10-6-5-9-15-17(22)14(12-25-15)20-18(23)19-11-13-7-3-2-4-8-13/h2-4,7-8,14-15H,5-6,9-12H2,1H3,(H2,19,20,23). The first-order valence-corrected chi connectivity index (χ1v) is 9.45. The topological polar surface area (TPSA) is 84.5 Å². The molecular weight excluding hydrogens is 340 g/mol. The molecule has 0 bridgehead atoms. The van der Waals surface area contributed by atoms with Gasteiger partial charge in [0.1, 0.15) is 0 Å². The highest BCUT2D eigenvalue weighted by atomic mass is 32.2. The van der Waals surface area contributed by atoms with Gasteiger partial charge in [0.15, 0.2) is 5.78 Å². The van der Waals surface area contributed by atoms with Crippen LogP contribution in [0.3, 0.4) is 0 Å². The smallest absolute Gasteiger partial charge is 0.315 e. The first kappa shape index (κ1) is 19.3. The van der Waals surface area contributed by atoms with Crippen LogP contribution in [0.15, 0.2) is 30.3 Å². The van der Waals surface area contributed by atoms with E-state index in [4.69, 9.17) is 0 Å². The van der Waals surface area contributed by atoms with Crippen LogP contribution in [0.5, 0.6) is 0 Å². The van der Waals surface area contributed by atoms with Crippen LogP contribution in [0, 0.1) is 0 Å². The van der Waals surface area contributed by atoms with Crippen molar-refractivity contribution in [1.29, 1.82) is 0 Å². The predicted molar refractivity (Wildman–Crippen MR) is 97.3 cm³/mol. The van der Waals surface area contributed by atoms with Crippen molar-refractivity contribution in [3.8, 4) is 0 Å². The number of rotatable bonds is 8. The summed E-state index contributed by atoms with van der Waals surface area (Å²) in [6, 6.07) is 8.85. The van der Waals surface area contributed by atoms with Gasteiger partial charge in [0.25, 0.3) is 0 Å². The fraction of sp³-hybridized carbons (Fsp3) is 0.500. The Hall–Kier alpha value is -2.02. The van der Waals surface area contributed by atoms with Gasteiger partial charge in [0.05, 0.1) is 18.4 Å². The summed E-state index contributed by atoms with van der Waals surface area (Å²) >= 11 is 1.57. The molecule has 0 saturated carbocycles. The maximum atomic E-state index is 12.3. The molecule has 1 aromatic carbocycles. The molecule has 7 heteroatoms. The fourth-order valence-electron chi connectivity index (χ4n) is 2.63. The molecule has 2 amide bonds. The highest BCUT2D eigenvalue weighted by molar-refractivity contribution is 8.01. The number of hydrogen-bond acceptors (Lipinski definition) is 5. The average Bonchev–Trinajstić information content (AvgIpc) is 2.97. The number of carbonyl (C=O) groups excluding carboxylic acids is 3. The fourth-order valence-corrected chi connectivity index (χ4v) is 3.96. The molecule has 136 valence electrons. The van der Waals surface area contributed by atoms with Crippen molar-refractivity contribution in [2.45, 2.75) is 43.5 Å². The number of urea groups is 1. The summed E-state index contributed by atoms with van der Waals surface area (Å²) in [5.41, 5.74) is 1.01. The lowest BCUT2D eigenvalue weighted by Gasteiger charge is -2.13. The molecule has 1 aliphatic rings. The molecule has 1 saturated heterocycles. The molecule has 2 N–H and O–H groups in total. The molecular formula is C18H24N2O4S. The first-order valence-electron chi connectivity index (χ1n) is 8.40. The monoisotopic (exact) mass is 364 g/mol. The number of carbonyl (C=O) groups is 3. The maximum absolute atomic E-state index is 12.3. The third kappa shape index (κ3) is 6.42. The summed E-state index contributed by atoms with van der Waals surface area (Å²) < 4.78 is 4.59. The zero-order valence-electron chi connectivity index (χ0n) is 14.3. The minimum absolute atomic E-state index is 0.0675. The molecule has 0 aliphatic carbocycles. The van der Waals surface area contributed by atoms with Gasteiger partial charge in [-0.3, -0.25) is 9.59 Å². The van der Waals surface area contributed by atoms with Gasteiger partial charge >= 0.3 is 12.0 Å². The Morgan fingerprint density at radius 3 is 2.72 bits per heavy atom. The van der Waals surface area contributed by atoms with Crippen molar-refractivity contribution in [1.82, 2.24) is 10.6 Å². The number of unbranched alkanes of at least 4 members (excludes halogenated alkanes) is 1. The quantitative estimate of drug-likeness (QED) is 0.546. The van der Waals surface area contributed by atoms with E-state index in [0.717, 1.165) is 18.4 Å². The highest BCUT2D eigenvalue weighted by Crippen LogP contribution is 2.28. The number of nitrogens with one attached hydrogen (secondary N) is 2. The van der Waals surface area contributed by atoms with Gasteiger partial charge in [-0.2, -0.15) is 0 Å². The molecule has 1 aliphatic heterocycles. The summed E-state index contributed by atoms with van der Waals surface area (Å²) in [4.78, 5) is 35.4. The molecule has 2 atom stereocenters.